The second-order valence-corrected chi connectivity index (χ2v) is 5.58. The predicted molar refractivity (Wildman–Crippen MR) is 87.4 cm³/mol. The molecule has 0 bridgehead atoms. The maximum Gasteiger partial charge on any atom is 0.408 e. The molecule has 1 aromatic rings. The normalized spacial score (nSPS) is 18.0. The van der Waals surface area contributed by atoms with Gasteiger partial charge in [-0.25, -0.2) is 9.59 Å². The molecule has 132 valence electrons. The van der Waals surface area contributed by atoms with Gasteiger partial charge in [0.1, 0.15) is 12.6 Å². The Kier molecular flexibility index (Phi) is 7.51. The van der Waals surface area contributed by atoms with Crippen LogP contribution in [0.4, 0.5) is 4.79 Å². The molecule has 1 aromatic carbocycles. The van der Waals surface area contributed by atoms with Crippen LogP contribution in [0.15, 0.2) is 30.3 Å². The zero-order valence-electron chi connectivity index (χ0n) is 13.8. The van der Waals surface area contributed by atoms with E-state index in [-0.39, 0.29) is 19.3 Å². The molecular formula is C17H24N2O5. The van der Waals surface area contributed by atoms with Crippen LogP contribution in [-0.2, 0) is 25.6 Å². The summed E-state index contributed by atoms with van der Waals surface area (Å²) in [5.74, 6) is -0.522. The second-order valence-electron chi connectivity index (χ2n) is 5.58. The monoisotopic (exact) mass is 336 g/mol. The number of hydrogen-bond donors (Lipinski definition) is 2. The minimum absolute atomic E-state index is 0.143. The quantitative estimate of drug-likeness (QED) is 0.694. The highest BCUT2D eigenvalue weighted by molar-refractivity contribution is 5.81. The van der Waals surface area contributed by atoms with Crippen molar-refractivity contribution in [2.24, 2.45) is 0 Å². The minimum atomic E-state index is -0.806. The van der Waals surface area contributed by atoms with Crippen LogP contribution < -0.4 is 10.6 Å². The molecule has 1 heterocycles. The summed E-state index contributed by atoms with van der Waals surface area (Å²) in [6, 6.07) is 8.52. The van der Waals surface area contributed by atoms with Crippen LogP contribution in [0.2, 0.25) is 0 Å². The van der Waals surface area contributed by atoms with Gasteiger partial charge in [-0.05, 0) is 18.4 Å². The summed E-state index contributed by atoms with van der Waals surface area (Å²) in [6.45, 7) is 1.81. The SMILES string of the molecule is COC(=O)[C@H](CNC[C@@H]1CCCO1)NC(=O)OCc1ccccc1. The Morgan fingerprint density at radius 2 is 2.12 bits per heavy atom. The topological polar surface area (TPSA) is 85.9 Å². The molecule has 1 amide bonds. The van der Waals surface area contributed by atoms with Gasteiger partial charge in [-0.2, -0.15) is 0 Å². The van der Waals surface area contributed by atoms with Gasteiger partial charge in [-0.3, -0.25) is 0 Å². The van der Waals surface area contributed by atoms with Gasteiger partial charge in [-0.15, -0.1) is 0 Å². The van der Waals surface area contributed by atoms with E-state index in [1.807, 2.05) is 30.3 Å². The van der Waals surface area contributed by atoms with Crippen molar-refractivity contribution in [3.8, 4) is 0 Å². The van der Waals surface area contributed by atoms with Crippen molar-refractivity contribution >= 4 is 12.1 Å². The summed E-state index contributed by atoms with van der Waals surface area (Å²) < 4.78 is 15.3. The maximum atomic E-state index is 11.9. The van der Waals surface area contributed by atoms with Gasteiger partial charge >= 0.3 is 12.1 Å². The Morgan fingerprint density at radius 1 is 1.33 bits per heavy atom. The van der Waals surface area contributed by atoms with Crippen LogP contribution >= 0.6 is 0 Å². The molecule has 24 heavy (non-hydrogen) atoms. The molecule has 1 fully saturated rings. The first kappa shape index (κ1) is 18.2. The lowest BCUT2D eigenvalue weighted by Gasteiger charge is -2.18. The molecule has 0 aliphatic carbocycles. The summed E-state index contributed by atoms with van der Waals surface area (Å²) in [7, 11) is 1.28. The fourth-order valence-corrected chi connectivity index (χ4v) is 2.44. The summed E-state index contributed by atoms with van der Waals surface area (Å²) in [6.07, 6.45) is 1.56. The summed E-state index contributed by atoms with van der Waals surface area (Å²) >= 11 is 0. The first-order chi connectivity index (χ1) is 11.7. The Balaban J connectivity index is 1.74. The van der Waals surface area contributed by atoms with E-state index in [9.17, 15) is 9.59 Å². The van der Waals surface area contributed by atoms with E-state index >= 15 is 0 Å². The third kappa shape index (κ3) is 6.17. The third-order valence-electron chi connectivity index (χ3n) is 3.73. The maximum absolute atomic E-state index is 11.9. The van der Waals surface area contributed by atoms with Crippen molar-refractivity contribution < 1.29 is 23.8 Å². The standard InChI is InChI=1S/C17H24N2O5/c1-22-16(20)15(11-18-10-14-8-5-9-23-14)19-17(21)24-12-13-6-3-2-4-7-13/h2-4,6-7,14-15,18H,5,8-12H2,1H3,(H,19,21)/t14-,15-/m0/s1. The number of benzene rings is 1. The number of rotatable bonds is 8. The van der Waals surface area contributed by atoms with E-state index in [0.717, 1.165) is 25.0 Å². The highest BCUT2D eigenvalue weighted by Gasteiger charge is 2.23. The highest BCUT2D eigenvalue weighted by atomic mass is 16.6. The van der Waals surface area contributed by atoms with Gasteiger partial charge < -0.3 is 24.8 Å². The molecule has 1 saturated heterocycles. The molecule has 0 radical (unpaired) electrons. The number of alkyl carbamates (subject to hydrolysis) is 1. The fourth-order valence-electron chi connectivity index (χ4n) is 2.44. The summed E-state index contributed by atoms with van der Waals surface area (Å²) in [4.78, 5) is 23.7. The van der Waals surface area contributed by atoms with Gasteiger partial charge in [-0.1, -0.05) is 30.3 Å². The Bertz CT molecular complexity index is 517. The van der Waals surface area contributed by atoms with Crippen molar-refractivity contribution in [2.45, 2.75) is 31.6 Å². The second kappa shape index (κ2) is 9.89. The van der Waals surface area contributed by atoms with Gasteiger partial charge in [0, 0.05) is 19.7 Å². The molecule has 2 rings (SSSR count). The van der Waals surface area contributed by atoms with Gasteiger partial charge in [0.2, 0.25) is 0 Å². The minimum Gasteiger partial charge on any atom is -0.467 e. The molecule has 1 aliphatic heterocycles. The van der Waals surface area contributed by atoms with E-state index in [0.29, 0.717) is 6.54 Å². The first-order valence-corrected chi connectivity index (χ1v) is 8.06. The number of amides is 1. The molecule has 0 saturated carbocycles. The van der Waals surface area contributed by atoms with E-state index in [1.165, 1.54) is 7.11 Å². The summed E-state index contributed by atoms with van der Waals surface area (Å²) in [5.41, 5.74) is 0.874. The Hall–Kier alpha value is -2.12. The predicted octanol–water partition coefficient (Wildman–Crippen LogP) is 1.22. The molecular weight excluding hydrogens is 312 g/mol. The van der Waals surface area contributed by atoms with Crippen LogP contribution in [-0.4, -0.2) is 51.0 Å². The zero-order valence-corrected chi connectivity index (χ0v) is 13.8. The fraction of sp³-hybridized carbons (Fsp3) is 0.529. The summed E-state index contributed by atoms with van der Waals surface area (Å²) in [5, 5.41) is 5.65. The first-order valence-electron chi connectivity index (χ1n) is 8.06. The Morgan fingerprint density at radius 3 is 2.79 bits per heavy atom. The van der Waals surface area contributed by atoms with E-state index in [2.05, 4.69) is 10.6 Å². The number of carbonyl (C=O) groups excluding carboxylic acids is 2. The molecule has 1 aliphatic rings. The number of carbonyl (C=O) groups is 2. The molecule has 7 nitrogen and oxygen atoms in total. The third-order valence-corrected chi connectivity index (χ3v) is 3.73. The number of methoxy groups -OCH3 is 1. The Labute approximate surface area is 141 Å². The number of ether oxygens (including phenoxy) is 3. The van der Waals surface area contributed by atoms with Gasteiger partial charge in [0.05, 0.1) is 13.2 Å². The van der Waals surface area contributed by atoms with Crippen molar-refractivity contribution in [3.63, 3.8) is 0 Å². The molecule has 2 N–H and O–H groups in total. The van der Waals surface area contributed by atoms with Crippen LogP contribution in [0.5, 0.6) is 0 Å². The largest absolute Gasteiger partial charge is 0.467 e. The lowest BCUT2D eigenvalue weighted by Crippen LogP contribution is -2.49. The van der Waals surface area contributed by atoms with Crippen LogP contribution in [0.25, 0.3) is 0 Å². The molecule has 0 aromatic heterocycles. The van der Waals surface area contributed by atoms with Crippen LogP contribution in [0.3, 0.4) is 0 Å². The lowest BCUT2D eigenvalue weighted by molar-refractivity contribution is -0.142. The number of nitrogens with one attached hydrogen (secondary N) is 2. The average molecular weight is 336 g/mol. The van der Waals surface area contributed by atoms with Crippen LogP contribution in [0.1, 0.15) is 18.4 Å². The van der Waals surface area contributed by atoms with Crippen molar-refractivity contribution in [1.82, 2.24) is 10.6 Å². The van der Waals surface area contributed by atoms with Crippen molar-refractivity contribution in [3.05, 3.63) is 35.9 Å². The lowest BCUT2D eigenvalue weighted by atomic mass is 10.2. The molecule has 7 heteroatoms. The smallest absolute Gasteiger partial charge is 0.408 e. The molecule has 2 atom stereocenters. The zero-order chi connectivity index (χ0) is 17.2. The van der Waals surface area contributed by atoms with E-state index in [4.69, 9.17) is 14.2 Å². The highest BCUT2D eigenvalue weighted by Crippen LogP contribution is 2.10. The van der Waals surface area contributed by atoms with Gasteiger partial charge in [0.15, 0.2) is 0 Å². The van der Waals surface area contributed by atoms with Crippen LogP contribution in [0, 0.1) is 0 Å². The average Bonchev–Trinajstić information content (AvgIpc) is 3.12. The molecule has 0 spiro atoms. The van der Waals surface area contributed by atoms with E-state index in [1.54, 1.807) is 0 Å². The van der Waals surface area contributed by atoms with E-state index < -0.39 is 18.1 Å². The number of hydrogen-bond acceptors (Lipinski definition) is 6. The number of esters is 1. The van der Waals surface area contributed by atoms with Gasteiger partial charge in [0.25, 0.3) is 0 Å². The van der Waals surface area contributed by atoms with Crippen molar-refractivity contribution in [2.75, 3.05) is 26.8 Å². The van der Waals surface area contributed by atoms with Crippen molar-refractivity contribution in [1.29, 1.82) is 0 Å². The molecule has 0 unspecified atom stereocenters.